The van der Waals surface area contributed by atoms with Crippen LogP contribution in [-0.2, 0) is 11.3 Å². The third-order valence-electron chi connectivity index (χ3n) is 5.96. The summed E-state index contributed by atoms with van der Waals surface area (Å²) in [4.78, 5) is 38.3. The molecule has 0 bridgehead atoms. The first kappa shape index (κ1) is 23.8. The summed E-state index contributed by atoms with van der Waals surface area (Å²) in [6.45, 7) is 3.86. The summed E-state index contributed by atoms with van der Waals surface area (Å²) in [7, 11) is 1.56. The Kier molecular flexibility index (Phi) is 6.73. The summed E-state index contributed by atoms with van der Waals surface area (Å²) < 4.78 is 5.16. The van der Waals surface area contributed by atoms with E-state index >= 15 is 0 Å². The first-order valence-corrected chi connectivity index (χ1v) is 11.3. The number of carbonyl (C=O) groups excluding carboxylic acids is 2. The lowest BCUT2D eigenvalue weighted by Gasteiger charge is -2.27. The van der Waals surface area contributed by atoms with E-state index in [9.17, 15) is 19.5 Å². The average Bonchev–Trinajstić information content (AvgIpc) is 3.14. The number of methoxy groups -OCH3 is 1. The molecule has 4 rings (SSSR count). The summed E-state index contributed by atoms with van der Waals surface area (Å²) in [6, 6.07) is 18.7. The molecule has 0 radical (unpaired) electrons. The van der Waals surface area contributed by atoms with Gasteiger partial charge in [0.1, 0.15) is 11.8 Å². The van der Waals surface area contributed by atoms with Gasteiger partial charge in [-0.1, -0.05) is 38.1 Å². The number of anilines is 2. The largest absolute Gasteiger partial charge is 0.497 e. The van der Waals surface area contributed by atoms with Crippen molar-refractivity contribution in [3.8, 4) is 16.9 Å². The minimum atomic E-state index is -1.00. The summed E-state index contributed by atoms with van der Waals surface area (Å²) in [5, 5.41) is 15.2. The highest BCUT2D eigenvalue weighted by Gasteiger charge is 2.38. The van der Waals surface area contributed by atoms with Gasteiger partial charge in [-0.2, -0.15) is 0 Å². The maximum absolute atomic E-state index is 12.8. The lowest BCUT2D eigenvalue weighted by atomic mass is 10.0. The molecule has 180 valence electrons. The number of benzene rings is 3. The van der Waals surface area contributed by atoms with Gasteiger partial charge < -0.3 is 25.4 Å². The van der Waals surface area contributed by atoms with Crippen LogP contribution in [0.5, 0.6) is 5.75 Å². The summed E-state index contributed by atoms with van der Waals surface area (Å²) >= 11 is 0. The fourth-order valence-corrected chi connectivity index (χ4v) is 4.27. The van der Waals surface area contributed by atoms with Crippen LogP contribution in [0.3, 0.4) is 0 Å². The van der Waals surface area contributed by atoms with E-state index in [1.165, 1.54) is 4.90 Å². The van der Waals surface area contributed by atoms with Gasteiger partial charge in [-0.05, 0) is 59.0 Å². The predicted molar refractivity (Wildman–Crippen MR) is 134 cm³/mol. The lowest BCUT2D eigenvalue weighted by molar-refractivity contribution is -0.144. The second kappa shape index (κ2) is 9.89. The molecule has 0 saturated carbocycles. The molecule has 0 aromatic heterocycles. The zero-order chi connectivity index (χ0) is 25.1. The zero-order valence-electron chi connectivity index (χ0n) is 19.7. The number of carboxylic acid groups (broad SMARTS) is 1. The number of carbonyl (C=O) groups is 3. The van der Waals surface area contributed by atoms with Crippen LogP contribution in [0, 0.1) is 5.92 Å². The van der Waals surface area contributed by atoms with E-state index in [1.54, 1.807) is 63.4 Å². The molecule has 0 saturated heterocycles. The Labute approximate surface area is 203 Å². The number of nitrogens with one attached hydrogen (secondary N) is 2. The van der Waals surface area contributed by atoms with Crippen LogP contribution in [0.1, 0.15) is 29.8 Å². The summed E-state index contributed by atoms with van der Waals surface area (Å²) in [5.41, 5.74) is 4.39. The van der Waals surface area contributed by atoms with Crippen molar-refractivity contribution < 1.29 is 24.2 Å². The van der Waals surface area contributed by atoms with Crippen LogP contribution in [0.25, 0.3) is 11.1 Å². The van der Waals surface area contributed by atoms with Gasteiger partial charge >= 0.3 is 12.0 Å². The number of urea groups is 1. The van der Waals surface area contributed by atoms with Gasteiger partial charge in [0.25, 0.3) is 5.91 Å². The highest BCUT2D eigenvalue weighted by Crippen LogP contribution is 2.31. The van der Waals surface area contributed by atoms with Crippen molar-refractivity contribution in [2.45, 2.75) is 26.4 Å². The number of nitrogens with zero attached hydrogens (tertiary/aromatic N) is 1. The van der Waals surface area contributed by atoms with Crippen LogP contribution >= 0.6 is 0 Å². The molecule has 8 nitrogen and oxygen atoms in total. The van der Waals surface area contributed by atoms with Crippen LogP contribution in [-0.4, -0.2) is 41.1 Å². The number of rotatable bonds is 7. The first-order valence-electron chi connectivity index (χ1n) is 11.3. The second-order valence-corrected chi connectivity index (χ2v) is 8.72. The Hall–Kier alpha value is -4.33. The van der Waals surface area contributed by atoms with Crippen molar-refractivity contribution in [1.29, 1.82) is 0 Å². The molecule has 1 aliphatic rings. The molecule has 1 heterocycles. The van der Waals surface area contributed by atoms with E-state index in [2.05, 4.69) is 10.6 Å². The Morgan fingerprint density at radius 3 is 2.29 bits per heavy atom. The quantitative estimate of drug-likeness (QED) is 0.444. The minimum absolute atomic E-state index is 0.202. The predicted octanol–water partition coefficient (Wildman–Crippen LogP) is 5.07. The minimum Gasteiger partial charge on any atom is -0.497 e. The van der Waals surface area contributed by atoms with E-state index in [0.717, 1.165) is 16.7 Å². The van der Waals surface area contributed by atoms with Crippen molar-refractivity contribution in [3.05, 3.63) is 77.9 Å². The Bertz CT molecular complexity index is 1270. The van der Waals surface area contributed by atoms with Crippen LogP contribution < -0.4 is 15.4 Å². The first-order chi connectivity index (χ1) is 16.8. The molecule has 1 aliphatic heterocycles. The van der Waals surface area contributed by atoms with E-state index in [0.29, 0.717) is 22.7 Å². The molecular weight excluding hydrogens is 446 g/mol. The molecule has 3 aromatic carbocycles. The van der Waals surface area contributed by atoms with Gasteiger partial charge in [0.05, 0.1) is 7.11 Å². The monoisotopic (exact) mass is 473 g/mol. The second-order valence-electron chi connectivity index (χ2n) is 8.72. The number of fused-ring (bicyclic) bond motifs is 1. The van der Waals surface area contributed by atoms with Crippen molar-refractivity contribution in [2.24, 2.45) is 5.92 Å². The van der Waals surface area contributed by atoms with Crippen LogP contribution in [0.2, 0.25) is 0 Å². The van der Waals surface area contributed by atoms with Crippen molar-refractivity contribution in [2.75, 3.05) is 17.7 Å². The van der Waals surface area contributed by atoms with Gasteiger partial charge in [0.15, 0.2) is 0 Å². The normalized spacial score (nSPS) is 13.4. The smallest absolute Gasteiger partial charge is 0.326 e. The van der Waals surface area contributed by atoms with Gasteiger partial charge in [-0.15, -0.1) is 0 Å². The number of carboxylic acids is 1. The average molecular weight is 474 g/mol. The third kappa shape index (κ3) is 5.11. The van der Waals surface area contributed by atoms with E-state index in [4.69, 9.17) is 4.74 Å². The molecule has 3 N–H and O–H groups in total. The fourth-order valence-electron chi connectivity index (χ4n) is 4.27. The van der Waals surface area contributed by atoms with E-state index in [1.807, 2.05) is 24.3 Å². The van der Waals surface area contributed by atoms with Crippen molar-refractivity contribution in [1.82, 2.24) is 4.90 Å². The van der Waals surface area contributed by atoms with Gasteiger partial charge in [0, 0.05) is 29.5 Å². The molecule has 8 heteroatoms. The Balaban J connectivity index is 1.45. The Morgan fingerprint density at radius 1 is 0.943 bits per heavy atom. The van der Waals surface area contributed by atoms with Gasteiger partial charge in [-0.25, -0.2) is 9.59 Å². The lowest BCUT2D eigenvalue weighted by Crippen LogP contribution is -2.44. The van der Waals surface area contributed by atoms with Crippen LogP contribution in [0.15, 0.2) is 66.7 Å². The van der Waals surface area contributed by atoms with E-state index in [-0.39, 0.29) is 24.4 Å². The van der Waals surface area contributed by atoms with Gasteiger partial charge in [-0.3, -0.25) is 4.79 Å². The number of hydrogen-bond acceptors (Lipinski definition) is 4. The zero-order valence-corrected chi connectivity index (χ0v) is 19.7. The number of ether oxygens (including phenoxy) is 1. The Morgan fingerprint density at radius 2 is 1.63 bits per heavy atom. The maximum Gasteiger partial charge on any atom is 0.326 e. The molecule has 1 atom stereocenters. The standard InChI is InChI=1S/C27H27N3O5/c1-16(2)24(26(32)33)30-15-19-13-18(9-12-23(19)25(30)31)17-7-10-20(11-8-17)28-27(34)29-21-5-4-6-22(14-21)35-3/h4-14,16,24H,15H2,1-3H3,(H,32,33)(H2,28,29,34). The summed E-state index contributed by atoms with van der Waals surface area (Å²) in [6.07, 6.45) is 0. The highest BCUT2D eigenvalue weighted by molar-refractivity contribution is 6.01. The number of aliphatic carboxylic acids is 1. The van der Waals surface area contributed by atoms with Crippen molar-refractivity contribution in [3.63, 3.8) is 0 Å². The molecule has 3 amide bonds. The molecule has 1 unspecified atom stereocenters. The molecule has 0 spiro atoms. The summed E-state index contributed by atoms with van der Waals surface area (Å²) in [5.74, 6) is -0.811. The third-order valence-corrected chi connectivity index (χ3v) is 5.96. The van der Waals surface area contributed by atoms with Crippen molar-refractivity contribution >= 4 is 29.3 Å². The maximum atomic E-state index is 12.8. The number of amides is 3. The van der Waals surface area contributed by atoms with E-state index < -0.39 is 12.0 Å². The highest BCUT2D eigenvalue weighted by atomic mass is 16.5. The topological polar surface area (TPSA) is 108 Å². The fraction of sp³-hybridized carbons (Fsp3) is 0.222. The molecule has 0 fully saturated rings. The molecule has 3 aromatic rings. The molecule has 0 aliphatic carbocycles. The number of hydrogen-bond donors (Lipinski definition) is 3. The van der Waals surface area contributed by atoms with Gasteiger partial charge in [0.2, 0.25) is 0 Å². The van der Waals surface area contributed by atoms with Crippen LogP contribution in [0.4, 0.5) is 16.2 Å². The SMILES string of the molecule is COc1cccc(NC(=O)Nc2ccc(-c3ccc4c(c3)CN(C(C(=O)O)C(C)C)C4=O)cc2)c1. The molecule has 35 heavy (non-hydrogen) atoms. The molecular formula is C27H27N3O5.